The van der Waals surface area contributed by atoms with Crippen molar-refractivity contribution in [2.45, 2.75) is 24.3 Å². The van der Waals surface area contributed by atoms with Crippen molar-refractivity contribution in [1.82, 2.24) is 19.4 Å². The molecule has 14 heteroatoms. The Balaban J connectivity index is 1.48. The lowest BCUT2D eigenvalue weighted by atomic mass is 10.1. The van der Waals surface area contributed by atoms with E-state index in [1.165, 1.54) is 23.9 Å². The zero-order valence-electron chi connectivity index (χ0n) is 20.1. The van der Waals surface area contributed by atoms with Crippen molar-refractivity contribution in [3.8, 4) is 22.8 Å². The van der Waals surface area contributed by atoms with E-state index in [0.29, 0.717) is 40.7 Å². The summed E-state index contributed by atoms with van der Waals surface area (Å²) >= 11 is 1.08. The standard InChI is InChI=1S/C23H23N5O7S2/c1-13-23(36-14(2)26-13)37(30,31)27-17-8-16(9-25-21(17)32-3)15-4-5-19-24-10-18(22(29)28(19)11-15)35-12-20-33-6-7-34-20/h4-5,8-11,20,27H,6-7,12H2,1-3H3. The summed E-state index contributed by atoms with van der Waals surface area (Å²) in [4.78, 5) is 25.8. The Labute approximate surface area is 215 Å². The molecular formula is C23H23N5O7S2. The van der Waals surface area contributed by atoms with E-state index in [0.717, 1.165) is 11.3 Å². The molecule has 0 aromatic carbocycles. The molecule has 0 radical (unpaired) electrons. The molecular weight excluding hydrogens is 522 g/mol. The highest BCUT2D eigenvalue weighted by molar-refractivity contribution is 7.94. The van der Waals surface area contributed by atoms with Crippen LogP contribution in [0.3, 0.4) is 0 Å². The second kappa shape index (κ2) is 10.0. The molecule has 0 aliphatic carbocycles. The van der Waals surface area contributed by atoms with Gasteiger partial charge in [0.15, 0.2) is 10.5 Å². The molecule has 0 unspecified atom stereocenters. The number of aromatic nitrogens is 4. The molecule has 1 aliphatic heterocycles. The third-order valence-electron chi connectivity index (χ3n) is 5.46. The number of pyridine rings is 2. The van der Waals surface area contributed by atoms with Crippen LogP contribution in [0.15, 0.2) is 45.8 Å². The van der Waals surface area contributed by atoms with E-state index in [1.807, 2.05) is 0 Å². The molecule has 5 rings (SSSR count). The maximum absolute atomic E-state index is 13.1. The fourth-order valence-corrected chi connectivity index (χ4v) is 6.32. The lowest BCUT2D eigenvalue weighted by molar-refractivity contribution is -0.0687. The van der Waals surface area contributed by atoms with Crippen LogP contribution in [0, 0.1) is 13.8 Å². The van der Waals surface area contributed by atoms with Gasteiger partial charge in [0, 0.05) is 23.5 Å². The summed E-state index contributed by atoms with van der Waals surface area (Å²) < 4.78 is 51.6. The Bertz CT molecular complexity index is 1630. The van der Waals surface area contributed by atoms with E-state index >= 15 is 0 Å². The second-order valence-electron chi connectivity index (χ2n) is 8.05. The van der Waals surface area contributed by atoms with Gasteiger partial charge in [-0.15, -0.1) is 11.3 Å². The number of hydrogen-bond donors (Lipinski definition) is 1. The minimum atomic E-state index is -3.93. The van der Waals surface area contributed by atoms with Crippen LogP contribution in [0.4, 0.5) is 5.69 Å². The molecule has 1 aliphatic rings. The first-order valence-corrected chi connectivity index (χ1v) is 13.4. The number of ether oxygens (including phenoxy) is 4. The third kappa shape index (κ3) is 5.13. The van der Waals surface area contributed by atoms with Gasteiger partial charge >= 0.3 is 0 Å². The molecule has 1 saturated heterocycles. The van der Waals surface area contributed by atoms with Crippen LogP contribution in [0.2, 0.25) is 0 Å². The largest absolute Gasteiger partial charge is 0.481 e. The van der Waals surface area contributed by atoms with E-state index in [9.17, 15) is 13.2 Å². The van der Waals surface area contributed by atoms with Gasteiger partial charge in [-0.3, -0.25) is 13.9 Å². The average Bonchev–Trinajstić information content (AvgIpc) is 3.52. The topological polar surface area (TPSA) is 143 Å². The van der Waals surface area contributed by atoms with Crippen LogP contribution in [-0.4, -0.2) is 61.0 Å². The van der Waals surface area contributed by atoms with Gasteiger partial charge in [0.25, 0.3) is 15.6 Å². The van der Waals surface area contributed by atoms with Crippen molar-refractivity contribution >= 4 is 32.7 Å². The van der Waals surface area contributed by atoms with Gasteiger partial charge in [-0.1, -0.05) is 0 Å². The number of thiazole rings is 1. The number of sulfonamides is 1. The number of anilines is 1. The molecule has 1 N–H and O–H groups in total. The molecule has 194 valence electrons. The fourth-order valence-electron chi connectivity index (χ4n) is 3.79. The van der Waals surface area contributed by atoms with E-state index in [2.05, 4.69) is 19.7 Å². The molecule has 0 atom stereocenters. The van der Waals surface area contributed by atoms with Gasteiger partial charge < -0.3 is 18.9 Å². The SMILES string of the molecule is COc1ncc(-c2ccc3ncc(OCC4OCCO4)c(=O)n3c2)cc1NS(=O)(=O)c1sc(C)nc1C. The minimum Gasteiger partial charge on any atom is -0.481 e. The Hall–Kier alpha value is -3.59. The average molecular weight is 546 g/mol. The number of fused-ring (bicyclic) bond motifs is 1. The van der Waals surface area contributed by atoms with Crippen LogP contribution >= 0.6 is 11.3 Å². The maximum Gasteiger partial charge on any atom is 0.300 e. The van der Waals surface area contributed by atoms with Gasteiger partial charge in [0.2, 0.25) is 11.6 Å². The molecule has 4 aromatic rings. The zero-order valence-corrected chi connectivity index (χ0v) is 21.8. The Morgan fingerprint density at radius 3 is 2.65 bits per heavy atom. The number of nitrogens with one attached hydrogen (secondary N) is 1. The van der Waals surface area contributed by atoms with Crippen LogP contribution in [0.25, 0.3) is 16.8 Å². The van der Waals surface area contributed by atoms with Crippen molar-refractivity contribution in [2.24, 2.45) is 0 Å². The van der Waals surface area contributed by atoms with E-state index < -0.39 is 21.9 Å². The lowest BCUT2D eigenvalue weighted by Crippen LogP contribution is -2.23. The molecule has 0 spiro atoms. The quantitative estimate of drug-likeness (QED) is 0.350. The van der Waals surface area contributed by atoms with Crippen molar-refractivity contribution in [3.05, 3.63) is 57.8 Å². The minimum absolute atomic E-state index is 0.0466. The molecule has 4 aromatic heterocycles. The molecule has 5 heterocycles. The highest BCUT2D eigenvalue weighted by Gasteiger charge is 2.23. The van der Waals surface area contributed by atoms with Crippen molar-refractivity contribution in [3.63, 3.8) is 0 Å². The van der Waals surface area contributed by atoms with Crippen molar-refractivity contribution in [1.29, 1.82) is 0 Å². The Kier molecular flexibility index (Phi) is 6.81. The number of methoxy groups -OCH3 is 1. The number of rotatable bonds is 8. The Morgan fingerprint density at radius 2 is 1.95 bits per heavy atom. The molecule has 1 fully saturated rings. The van der Waals surface area contributed by atoms with E-state index in [1.54, 1.807) is 38.2 Å². The molecule has 0 amide bonds. The summed E-state index contributed by atoms with van der Waals surface area (Å²) in [6, 6.07) is 5.00. The summed E-state index contributed by atoms with van der Waals surface area (Å²) in [6.45, 7) is 4.39. The first kappa shape index (κ1) is 25.1. The van der Waals surface area contributed by atoms with Gasteiger partial charge in [-0.05, 0) is 32.0 Å². The Morgan fingerprint density at radius 1 is 1.16 bits per heavy atom. The molecule has 37 heavy (non-hydrogen) atoms. The van der Waals surface area contributed by atoms with Gasteiger partial charge in [-0.25, -0.2) is 23.4 Å². The summed E-state index contributed by atoms with van der Waals surface area (Å²) in [5, 5.41) is 0.638. The maximum atomic E-state index is 13.1. The number of hydrogen-bond acceptors (Lipinski definition) is 11. The van der Waals surface area contributed by atoms with Crippen LogP contribution < -0.4 is 19.8 Å². The predicted octanol–water partition coefficient (Wildman–Crippen LogP) is 2.39. The summed E-state index contributed by atoms with van der Waals surface area (Å²) in [6.07, 6.45) is 3.93. The number of aryl methyl sites for hydroxylation is 2. The van der Waals surface area contributed by atoms with Crippen molar-refractivity contribution < 1.29 is 27.4 Å². The van der Waals surface area contributed by atoms with Gasteiger partial charge in [0.1, 0.15) is 17.9 Å². The molecule has 12 nitrogen and oxygen atoms in total. The van der Waals surface area contributed by atoms with E-state index in [4.69, 9.17) is 18.9 Å². The monoisotopic (exact) mass is 545 g/mol. The summed E-state index contributed by atoms with van der Waals surface area (Å²) in [5.41, 5.74) is 1.68. The fraction of sp³-hybridized carbons (Fsp3) is 0.304. The normalized spacial score (nSPS) is 14.2. The van der Waals surface area contributed by atoms with Gasteiger partial charge in [0.05, 0.1) is 37.2 Å². The van der Waals surface area contributed by atoms with Gasteiger partial charge in [-0.2, -0.15) is 0 Å². The van der Waals surface area contributed by atoms with Crippen molar-refractivity contribution in [2.75, 3.05) is 31.7 Å². The summed E-state index contributed by atoms with van der Waals surface area (Å²) in [5.74, 6) is 0.142. The molecule has 0 bridgehead atoms. The molecule has 0 saturated carbocycles. The second-order valence-corrected chi connectivity index (χ2v) is 11.1. The lowest BCUT2D eigenvalue weighted by Gasteiger charge is -2.13. The van der Waals surface area contributed by atoms with Crippen LogP contribution in [0.5, 0.6) is 11.6 Å². The third-order valence-corrected chi connectivity index (χ3v) is 8.51. The van der Waals surface area contributed by atoms with E-state index in [-0.39, 0.29) is 28.1 Å². The van der Waals surface area contributed by atoms with Crippen LogP contribution in [0.1, 0.15) is 10.7 Å². The van der Waals surface area contributed by atoms with Crippen LogP contribution in [-0.2, 0) is 19.5 Å². The number of nitrogens with zero attached hydrogens (tertiary/aromatic N) is 4. The first-order valence-electron chi connectivity index (χ1n) is 11.1. The summed E-state index contributed by atoms with van der Waals surface area (Å²) in [7, 11) is -2.54. The highest BCUT2D eigenvalue weighted by Crippen LogP contribution is 2.32. The highest BCUT2D eigenvalue weighted by atomic mass is 32.2. The predicted molar refractivity (Wildman–Crippen MR) is 135 cm³/mol. The first-order chi connectivity index (χ1) is 17.7. The smallest absolute Gasteiger partial charge is 0.300 e. The zero-order chi connectivity index (χ0) is 26.2.